The first kappa shape index (κ1) is 19.4. The van der Waals surface area contributed by atoms with Crippen molar-refractivity contribution in [3.05, 3.63) is 48.5 Å². The van der Waals surface area contributed by atoms with Gasteiger partial charge in [0.15, 0.2) is 5.75 Å². The predicted molar refractivity (Wildman–Crippen MR) is 116 cm³/mol. The Hall–Kier alpha value is -2.32. The molecule has 4 aliphatic heterocycles. The molecular formula is C24H28N2O5. The van der Waals surface area contributed by atoms with Gasteiger partial charge in [0.2, 0.25) is 0 Å². The van der Waals surface area contributed by atoms with E-state index in [9.17, 15) is 0 Å². The number of hydrogen-bond acceptors (Lipinski definition) is 7. The van der Waals surface area contributed by atoms with Crippen molar-refractivity contribution in [1.82, 2.24) is 0 Å². The van der Waals surface area contributed by atoms with Crippen LogP contribution in [0, 0.1) is 0 Å². The summed E-state index contributed by atoms with van der Waals surface area (Å²) >= 11 is 0. The van der Waals surface area contributed by atoms with Crippen molar-refractivity contribution in [2.24, 2.45) is 0 Å². The van der Waals surface area contributed by atoms with E-state index in [0.29, 0.717) is 24.4 Å². The minimum Gasteiger partial charge on any atom is -0.455 e. The van der Waals surface area contributed by atoms with Crippen LogP contribution in [0.4, 0.5) is 11.4 Å². The Bertz CT molecular complexity index is 877. The zero-order valence-electron chi connectivity index (χ0n) is 17.5. The largest absolute Gasteiger partial charge is 0.455 e. The van der Waals surface area contributed by atoms with Crippen molar-refractivity contribution in [2.75, 3.05) is 62.5 Å². The molecule has 0 aliphatic carbocycles. The van der Waals surface area contributed by atoms with Crippen LogP contribution in [-0.4, -0.2) is 77.0 Å². The van der Waals surface area contributed by atoms with Gasteiger partial charge in [0.1, 0.15) is 5.75 Å². The van der Waals surface area contributed by atoms with Gasteiger partial charge < -0.3 is 33.5 Å². The zero-order valence-corrected chi connectivity index (χ0v) is 17.5. The average Bonchev–Trinajstić information content (AvgIpc) is 3.58. The maximum absolute atomic E-state index is 6.34. The number of anilines is 2. The van der Waals surface area contributed by atoms with Crippen LogP contribution in [0.3, 0.4) is 0 Å². The lowest BCUT2D eigenvalue weighted by molar-refractivity contribution is 0.00753. The molecule has 0 amide bonds. The Morgan fingerprint density at radius 3 is 1.94 bits per heavy atom. The van der Waals surface area contributed by atoms with Crippen LogP contribution in [0.5, 0.6) is 11.5 Å². The molecule has 164 valence electrons. The highest BCUT2D eigenvalue weighted by atomic mass is 16.6. The number of epoxide rings is 3. The Balaban J connectivity index is 1.18. The van der Waals surface area contributed by atoms with Crippen LogP contribution in [0.25, 0.3) is 0 Å². The van der Waals surface area contributed by atoms with Crippen LogP contribution in [0.1, 0.15) is 0 Å². The summed E-state index contributed by atoms with van der Waals surface area (Å²) in [5.41, 5.74) is 2.26. The van der Waals surface area contributed by atoms with E-state index in [-0.39, 0.29) is 0 Å². The maximum Gasteiger partial charge on any atom is 0.150 e. The SMILES string of the molecule is c1ccc(N(CC2CO2)C2COC2)c(Oc2ccc(N(CC3CO3)CC3CO3)cc2)c1. The third-order valence-corrected chi connectivity index (χ3v) is 6.12. The second-order valence-corrected chi connectivity index (χ2v) is 8.68. The molecule has 2 aromatic rings. The average molecular weight is 424 g/mol. The first-order valence-electron chi connectivity index (χ1n) is 11.1. The Morgan fingerprint density at radius 1 is 0.742 bits per heavy atom. The lowest BCUT2D eigenvalue weighted by Gasteiger charge is -2.39. The van der Waals surface area contributed by atoms with Gasteiger partial charge in [0.25, 0.3) is 0 Å². The van der Waals surface area contributed by atoms with Crippen molar-refractivity contribution in [3.8, 4) is 11.5 Å². The zero-order chi connectivity index (χ0) is 20.6. The van der Waals surface area contributed by atoms with E-state index in [0.717, 1.165) is 69.9 Å². The molecule has 0 bridgehead atoms. The molecule has 0 aromatic heterocycles. The van der Waals surface area contributed by atoms with Crippen LogP contribution < -0.4 is 14.5 Å². The van der Waals surface area contributed by atoms with Gasteiger partial charge in [-0.25, -0.2) is 0 Å². The molecule has 31 heavy (non-hydrogen) atoms. The number of benzene rings is 2. The molecule has 6 rings (SSSR count). The minimum absolute atomic E-state index is 0.310. The lowest BCUT2D eigenvalue weighted by atomic mass is 10.1. The van der Waals surface area contributed by atoms with Crippen LogP contribution in [0.15, 0.2) is 48.5 Å². The lowest BCUT2D eigenvalue weighted by Crippen LogP contribution is -2.50. The quantitative estimate of drug-likeness (QED) is 0.514. The molecule has 4 saturated heterocycles. The summed E-state index contributed by atoms with van der Waals surface area (Å²) in [6.45, 7) is 6.73. The van der Waals surface area contributed by atoms with Crippen molar-refractivity contribution in [1.29, 1.82) is 0 Å². The van der Waals surface area contributed by atoms with Crippen molar-refractivity contribution < 1.29 is 23.7 Å². The minimum atomic E-state index is 0.310. The van der Waals surface area contributed by atoms with Crippen molar-refractivity contribution in [2.45, 2.75) is 24.4 Å². The molecule has 0 N–H and O–H groups in total. The van der Waals surface area contributed by atoms with Gasteiger partial charge >= 0.3 is 0 Å². The highest BCUT2D eigenvalue weighted by Crippen LogP contribution is 2.36. The summed E-state index contributed by atoms with van der Waals surface area (Å²) in [4.78, 5) is 4.72. The summed E-state index contributed by atoms with van der Waals surface area (Å²) < 4.78 is 28.2. The van der Waals surface area contributed by atoms with E-state index < -0.39 is 0 Å². The molecule has 3 unspecified atom stereocenters. The fourth-order valence-corrected chi connectivity index (χ4v) is 4.00. The molecule has 4 fully saturated rings. The van der Waals surface area contributed by atoms with E-state index in [4.69, 9.17) is 23.7 Å². The topological polar surface area (TPSA) is 62.5 Å². The molecule has 0 radical (unpaired) electrons. The summed E-state index contributed by atoms with van der Waals surface area (Å²) in [7, 11) is 0. The van der Waals surface area contributed by atoms with Gasteiger partial charge in [0, 0.05) is 25.3 Å². The Morgan fingerprint density at radius 2 is 1.35 bits per heavy atom. The summed E-state index contributed by atoms with van der Waals surface area (Å²) in [5, 5.41) is 0. The number of hydrogen-bond donors (Lipinski definition) is 0. The van der Waals surface area contributed by atoms with Crippen LogP contribution >= 0.6 is 0 Å². The van der Waals surface area contributed by atoms with E-state index in [2.05, 4.69) is 34.1 Å². The molecule has 3 atom stereocenters. The van der Waals surface area contributed by atoms with Crippen LogP contribution in [-0.2, 0) is 18.9 Å². The fraction of sp³-hybridized carbons (Fsp3) is 0.500. The molecule has 0 saturated carbocycles. The maximum atomic E-state index is 6.34. The highest BCUT2D eigenvalue weighted by molar-refractivity contribution is 5.61. The van der Waals surface area contributed by atoms with E-state index >= 15 is 0 Å². The summed E-state index contributed by atoms with van der Waals surface area (Å²) in [5.74, 6) is 1.69. The van der Waals surface area contributed by atoms with Gasteiger partial charge in [0.05, 0.1) is 63.1 Å². The second-order valence-electron chi connectivity index (χ2n) is 8.68. The van der Waals surface area contributed by atoms with E-state index in [1.54, 1.807) is 0 Å². The third kappa shape index (κ3) is 4.80. The van der Waals surface area contributed by atoms with Gasteiger partial charge in [-0.2, -0.15) is 0 Å². The van der Waals surface area contributed by atoms with E-state index in [1.165, 1.54) is 5.69 Å². The first-order valence-corrected chi connectivity index (χ1v) is 11.1. The van der Waals surface area contributed by atoms with Crippen LogP contribution in [0.2, 0.25) is 0 Å². The van der Waals surface area contributed by atoms with Gasteiger partial charge in [-0.05, 0) is 36.4 Å². The second kappa shape index (κ2) is 8.31. The number of para-hydroxylation sites is 2. The number of ether oxygens (including phenoxy) is 5. The Kier molecular flexibility index (Phi) is 5.20. The molecule has 4 aliphatic rings. The monoisotopic (exact) mass is 424 g/mol. The van der Waals surface area contributed by atoms with Crippen molar-refractivity contribution in [3.63, 3.8) is 0 Å². The first-order chi connectivity index (χ1) is 15.3. The highest BCUT2D eigenvalue weighted by Gasteiger charge is 2.34. The Labute approximate surface area is 182 Å². The molecular weight excluding hydrogens is 396 g/mol. The van der Waals surface area contributed by atoms with Crippen molar-refractivity contribution >= 4 is 11.4 Å². The molecule has 7 heteroatoms. The number of rotatable bonds is 11. The summed E-state index contributed by atoms with van der Waals surface area (Å²) in [6, 6.07) is 16.9. The normalized spacial score (nSPS) is 26.1. The smallest absolute Gasteiger partial charge is 0.150 e. The third-order valence-electron chi connectivity index (χ3n) is 6.12. The molecule has 4 heterocycles. The molecule has 2 aromatic carbocycles. The van der Waals surface area contributed by atoms with Gasteiger partial charge in [-0.15, -0.1) is 0 Å². The van der Waals surface area contributed by atoms with E-state index in [1.807, 2.05) is 24.3 Å². The van der Waals surface area contributed by atoms with Gasteiger partial charge in [-0.1, -0.05) is 12.1 Å². The molecule has 0 spiro atoms. The standard InChI is InChI=1S/C24H28N2O5/c1-2-4-24(23(3-1)26(11-22-16-30-22)18-12-27-13-18)31-19-7-5-17(6-8-19)25(9-20-14-28-20)10-21-15-29-21/h1-8,18,20-22H,9-16H2. The number of nitrogens with zero attached hydrogens (tertiary/aromatic N) is 2. The fourth-order valence-electron chi connectivity index (χ4n) is 4.00. The molecule has 7 nitrogen and oxygen atoms in total. The summed E-state index contributed by atoms with van der Waals surface area (Å²) in [6.07, 6.45) is 1.00. The van der Waals surface area contributed by atoms with Gasteiger partial charge in [-0.3, -0.25) is 0 Å². The predicted octanol–water partition coefficient (Wildman–Crippen LogP) is 2.69.